The standard InChI is InChI=1S/C24H34O4S2/c1-21-3-7-23(8-4-21)29-19-17-27-15-13-25-11-12-26-14-16-28-18-20-30-24-9-5-22(2)6-10-24/h3-10H,11-20H2,1-2H3. The second-order valence-electron chi connectivity index (χ2n) is 6.77. The fourth-order valence-electron chi connectivity index (χ4n) is 2.47. The summed E-state index contributed by atoms with van der Waals surface area (Å²) in [5.41, 5.74) is 2.58. The lowest BCUT2D eigenvalue weighted by atomic mass is 10.2. The Labute approximate surface area is 190 Å². The van der Waals surface area contributed by atoms with Crippen LogP contribution in [0.2, 0.25) is 0 Å². The van der Waals surface area contributed by atoms with Gasteiger partial charge in [-0.3, -0.25) is 0 Å². The third kappa shape index (κ3) is 12.6. The van der Waals surface area contributed by atoms with Gasteiger partial charge in [-0.15, -0.1) is 23.5 Å². The van der Waals surface area contributed by atoms with E-state index in [1.54, 1.807) is 0 Å². The van der Waals surface area contributed by atoms with Crippen molar-refractivity contribution < 1.29 is 18.9 Å². The zero-order valence-corrected chi connectivity index (χ0v) is 19.8. The highest BCUT2D eigenvalue weighted by Gasteiger charge is 1.97. The van der Waals surface area contributed by atoms with E-state index >= 15 is 0 Å². The Bertz CT molecular complexity index is 602. The minimum atomic E-state index is 0.588. The van der Waals surface area contributed by atoms with Crippen LogP contribution < -0.4 is 0 Å². The van der Waals surface area contributed by atoms with Crippen molar-refractivity contribution >= 4 is 23.5 Å². The smallest absolute Gasteiger partial charge is 0.0701 e. The van der Waals surface area contributed by atoms with Crippen molar-refractivity contribution in [3.05, 3.63) is 59.7 Å². The Morgan fingerprint density at radius 1 is 0.467 bits per heavy atom. The first kappa shape index (κ1) is 25.2. The molecule has 30 heavy (non-hydrogen) atoms. The number of aryl methyl sites for hydroxylation is 2. The van der Waals surface area contributed by atoms with Gasteiger partial charge >= 0.3 is 0 Å². The van der Waals surface area contributed by atoms with E-state index in [2.05, 4.69) is 62.4 Å². The zero-order chi connectivity index (χ0) is 21.3. The molecule has 0 aromatic heterocycles. The number of hydrogen-bond acceptors (Lipinski definition) is 6. The summed E-state index contributed by atoms with van der Waals surface area (Å²) in [5, 5.41) is 0. The maximum absolute atomic E-state index is 5.59. The van der Waals surface area contributed by atoms with Crippen LogP contribution in [0.1, 0.15) is 11.1 Å². The molecule has 0 saturated carbocycles. The minimum absolute atomic E-state index is 0.588. The van der Waals surface area contributed by atoms with E-state index in [0.29, 0.717) is 39.6 Å². The molecule has 0 spiro atoms. The zero-order valence-electron chi connectivity index (χ0n) is 18.1. The van der Waals surface area contributed by atoms with Gasteiger partial charge in [0.05, 0.1) is 52.9 Å². The van der Waals surface area contributed by atoms with Gasteiger partial charge in [0.15, 0.2) is 0 Å². The van der Waals surface area contributed by atoms with Gasteiger partial charge in [-0.2, -0.15) is 0 Å². The predicted octanol–water partition coefficient (Wildman–Crippen LogP) is 5.25. The van der Waals surface area contributed by atoms with Crippen molar-refractivity contribution in [1.29, 1.82) is 0 Å². The molecule has 0 unspecified atom stereocenters. The maximum Gasteiger partial charge on any atom is 0.0701 e. The highest BCUT2D eigenvalue weighted by Crippen LogP contribution is 2.18. The average Bonchev–Trinajstić information content (AvgIpc) is 2.76. The quantitative estimate of drug-likeness (QED) is 0.242. The predicted molar refractivity (Wildman–Crippen MR) is 127 cm³/mol. The lowest BCUT2D eigenvalue weighted by molar-refractivity contribution is 0.00146. The van der Waals surface area contributed by atoms with Gasteiger partial charge in [-0.05, 0) is 38.1 Å². The Morgan fingerprint density at radius 2 is 0.767 bits per heavy atom. The van der Waals surface area contributed by atoms with E-state index in [-0.39, 0.29) is 0 Å². The highest BCUT2D eigenvalue weighted by molar-refractivity contribution is 7.99. The van der Waals surface area contributed by atoms with Crippen LogP contribution in [0.4, 0.5) is 0 Å². The summed E-state index contributed by atoms with van der Waals surface area (Å²) in [5.74, 6) is 1.91. The Balaban J connectivity index is 1.27. The molecule has 0 radical (unpaired) electrons. The normalized spacial score (nSPS) is 11.1. The van der Waals surface area contributed by atoms with Crippen molar-refractivity contribution in [2.75, 3.05) is 64.4 Å². The molecule has 0 atom stereocenters. The number of rotatable bonds is 17. The number of hydrogen-bond donors (Lipinski definition) is 0. The third-order valence-electron chi connectivity index (χ3n) is 4.15. The first-order valence-corrected chi connectivity index (χ1v) is 12.4. The molecule has 4 nitrogen and oxygen atoms in total. The largest absolute Gasteiger partial charge is 0.378 e. The third-order valence-corrected chi connectivity index (χ3v) is 6.10. The number of thioether (sulfide) groups is 2. The second kappa shape index (κ2) is 16.6. The van der Waals surface area contributed by atoms with Crippen LogP contribution in [0.15, 0.2) is 58.3 Å². The van der Waals surface area contributed by atoms with Gasteiger partial charge in [-0.1, -0.05) is 35.4 Å². The summed E-state index contributed by atoms with van der Waals surface area (Å²) in [6, 6.07) is 17.1. The van der Waals surface area contributed by atoms with Crippen LogP contribution in [-0.2, 0) is 18.9 Å². The lowest BCUT2D eigenvalue weighted by Gasteiger charge is -2.08. The molecule has 0 saturated heterocycles. The number of benzene rings is 2. The van der Waals surface area contributed by atoms with Gasteiger partial charge in [0.25, 0.3) is 0 Å². The van der Waals surface area contributed by atoms with E-state index in [0.717, 1.165) is 24.7 Å². The molecule has 0 aliphatic heterocycles. The summed E-state index contributed by atoms with van der Waals surface area (Å²) >= 11 is 3.63. The van der Waals surface area contributed by atoms with Crippen molar-refractivity contribution in [3.63, 3.8) is 0 Å². The molecule has 0 bridgehead atoms. The molecule has 6 heteroatoms. The highest BCUT2D eigenvalue weighted by atomic mass is 32.2. The Hall–Kier alpha value is -1.02. The van der Waals surface area contributed by atoms with E-state index in [4.69, 9.17) is 18.9 Å². The molecular formula is C24H34O4S2. The fourth-order valence-corrected chi connectivity index (χ4v) is 4.00. The van der Waals surface area contributed by atoms with E-state index in [1.165, 1.54) is 20.9 Å². The summed E-state index contributed by atoms with van der Waals surface area (Å²) in [7, 11) is 0. The molecule has 0 amide bonds. The van der Waals surface area contributed by atoms with Crippen molar-refractivity contribution in [2.24, 2.45) is 0 Å². The topological polar surface area (TPSA) is 36.9 Å². The van der Waals surface area contributed by atoms with Crippen LogP contribution in [0, 0.1) is 13.8 Å². The monoisotopic (exact) mass is 450 g/mol. The van der Waals surface area contributed by atoms with Gasteiger partial charge < -0.3 is 18.9 Å². The minimum Gasteiger partial charge on any atom is -0.378 e. The molecule has 0 heterocycles. The van der Waals surface area contributed by atoms with Crippen LogP contribution in [-0.4, -0.2) is 64.4 Å². The van der Waals surface area contributed by atoms with Crippen molar-refractivity contribution in [2.45, 2.75) is 23.6 Å². The van der Waals surface area contributed by atoms with Crippen LogP contribution in [0.5, 0.6) is 0 Å². The van der Waals surface area contributed by atoms with Crippen LogP contribution in [0.25, 0.3) is 0 Å². The average molecular weight is 451 g/mol. The maximum atomic E-state index is 5.59. The molecule has 166 valence electrons. The van der Waals surface area contributed by atoms with Crippen molar-refractivity contribution in [1.82, 2.24) is 0 Å². The van der Waals surface area contributed by atoms with Gasteiger partial charge in [0.1, 0.15) is 0 Å². The molecule has 0 N–H and O–H groups in total. The SMILES string of the molecule is Cc1ccc(SCCOCCOCCOCCOCCSc2ccc(C)cc2)cc1. The molecule has 0 fully saturated rings. The summed E-state index contributed by atoms with van der Waals surface area (Å²) in [4.78, 5) is 2.57. The van der Waals surface area contributed by atoms with Crippen molar-refractivity contribution in [3.8, 4) is 0 Å². The van der Waals surface area contributed by atoms with E-state index in [1.807, 2.05) is 23.5 Å². The molecule has 0 aliphatic carbocycles. The van der Waals surface area contributed by atoms with Crippen LogP contribution >= 0.6 is 23.5 Å². The second-order valence-corrected chi connectivity index (χ2v) is 9.11. The summed E-state index contributed by atoms with van der Waals surface area (Å²) < 4.78 is 22.2. The lowest BCUT2D eigenvalue weighted by Crippen LogP contribution is -2.12. The summed E-state index contributed by atoms with van der Waals surface area (Å²) in [6.45, 7) is 9.29. The summed E-state index contributed by atoms with van der Waals surface area (Å²) in [6.07, 6.45) is 0. The molecule has 2 rings (SSSR count). The van der Waals surface area contributed by atoms with Gasteiger partial charge in [0.2, 0.25) is 0 Å². The van der Waals surface area contributed by atoms with Gasteiger partial charge in [0, 0.05) is 21.3 Å². The fraction of sp³-hybridized carbons (Fsp3) is 0.500. The Kier molecular flexibility index (Phi) is 14.0. The first-order valence-electron chi connectivity index (χ1n) is 10.4. The van der Waals surface area contributed by atoms with Gasteiger partial charge in [-0.25, -0.2) is 0 Å². The molecule has 2 aromatic carbocycles. The number of ether oxygens (including phenoxy) is 4. The molecular weight excluding hydrogens is 416 g/mol. The molecule has 0 aliphatic rings. The van der Waals surface area contributed by atoms with E-state index in [9.17, 15) is 0 Å². The van der Waals surface area contributed by atoms with Crippen LogP contribution in [0.3, 0.4) is 0 Å². The molecule has 2 aromatic rings. The van der Waals surface area contributed by atoms with E-state index < -0.39 is 0 Å². The first-order chi connectivity index (χ1) is 14.7. The Morgan fingerprint density at radius 3 is 1.10 bits per heavy atom.